The van der Waals surface area contributed by atoms with E-state index in [1.165, 1.54) is 5.56 Å². The summed E-state index contributed by atoms with van der Waals surface area (Å²) in [5.41, 5.74) is 1.24. The Balaban J connectivity index is 1.44. The van der Waals surface area contributed by atoms with Crippen molar-refractivity contribution in [3.63, 3.8) is 0 Å². The van der Waals surface area contributed by atoms with Crippen LogP contribution in [0.1, 0.15) is 24.4 Å². The molecular weight excluding hydrogens is 366 g/mol. The van der Waals surface area contributed by atoms with E-state index < -0.39 is 0 Å². The number of hydrogen-bond donors (Lipinski definition) is 0. The van der Waals surface area contributed by atoms with Gasteiger partial charge < -0.3 is 14.2 Å². The predicted molar refractivity (Wildman–Crippen MR) is 112 cm³/mol. The maximum Gasteiger partial charge on any atom is 0.239 e. The van der Waals surface area contributed by atoms with E-state index in [4.69, 9.17) is 4.74 Å². The largest absolute Gasteiger partial charge is 0.379 e. The number of rotatable bonds is 5. The maximum absolute atomic E-state index is 13.0. The first-order chi connectivity index (χ1) is 14.1. The molecule has 3 heterocycles. The maximum atomic E-state index is 13.0. The van der Waals surface area contributed by atoms with E-state index in [9.17, 15) is 4.79 Å². The topological polar surface area (TPSA) is 53.8 Å². The first-order valence-electron chi connectivity index (χ1n) is 10.5. The lowest BCUT2D eigenvalue weighted by molar-refractivity contribution is -0.140. The van der Waals surface area contributed by atoms with Crippen molar-refractivity contribution in [3.05, 3.63) is 54.1 Å². The molecule has 0 radical (unpaired) electrons. The van der Waals surface area contributed by atoms with Crippen molar-refractivity contribution in [1.82, 2.24) is 24.3 Å². The van der Waals surface area contributed by atoms with Gasteiger partial charge in [-0.2, -0.15) is 0 Å². The molecule has 2 atom stereocenters. The molecule has 2 saturated heterocycles. The van der Waals surface area contributed by atoms with Gasteiger partial charge in [-0.3, -0.25) is 14.6 Å². The highest BCUT2D eigenvalue weighted by Gasteiger charge is 2.33. The van der Waals surface area contributed by atoms with Crippen molar-refractivity contribution in [1.29, 1.82) is 0 Å². The summed E-state index contributed by atoms with van der Waals surface area (Å²) in [4.78, 5) is 24.4. The van der Waals surface area contributed by atoms with Gasteiger partial charge in [0.25, 0.3) is 0 Å². The minimum Gasteiger partial charge on any atom is -0.379 e. The molecule has 0 saturated carbocycles. The Morgan fingerprint density at radius 1 is 1.00 bits per heavy atom. The summed E-state index contributed by atoms with van der Waals surface area (Å²) < 4.78 is 7.51. The van der Waals surface area contributed by atoms with E-state index >= 15 is 0 Å². The fraction of sp³-hybridized carbons (Fsp3) is 0.545. The highest BCUT2D eigenvalue weighted by Crippen LogP contribution is 2.28. The number of carbonyl (C=O) groups excluding carboxylic acids is 1. The lowest BCUT2D eigenvalue weighted by Crippen LogP contribution is -2.56. The van der Waals surface area contributed by atoms with Crippen LogP contribution in [0.25, 0.3) is 0 Å². The second kappa shape index (κ2) is 9.07. The molecule has 0 N–H and O–H groups in total. The van der Waals surface area contributed by atoms with Gasteiger partial charge in [0.15, 0.2) is 0 Å². The molecule has 1 amide bonds. The minimum atomic E-state index is -0.0788. The fourth-order valence-electron chi connectivity index (χ4n) is 4.38. The fourth-order valence-corrected chi connectivity index (χ4v) is 4.38. The van der Waals surface area contributed by atoms with Gasteiger partial charge in [-0.15, -0.1) is 0 Å². The summed E-state index contributed by atoms with van der Waals surface area (Å²) in [6.45, 7) is 8.32. The zero-order valence-electron chi connectivity index (χ0n) is 17.4. The van der Waals surface area contributed by atoms with Crippen LogP contribution in [0.15, 0.2) is 42.7 Å². The number of aromatic nitrogens is 2. The van der Waals surface area contributed by atoms with Crippen LogP contribution < -0.4 is 0 Å². The molecule has 2 fully saturated rings. The summed E-state index contributed by atoms with van der Waals surface area (Å²) in [6, 6.07) is 10.6. The average Bonchev–Trinajstić information content (AvgIpc) is 3.20. The number of ether oxygens (including phenoxy) is 1. The Morgan fingerprint density at radius 3 is 2.31 bits per heavy atom. The number of hydrogen-bond acceptors (Lipinski definition) is 5. The zero-order chi connectivity index (χ0) is 20.2. The molecule has 2 aromatic rings. The van der Waals surface area contributed by atoms with E-state index in [-0.39, 0.29) is 18.0 Å². The lowest BCUT2D eigenvalue weighted by Gasteiger charge is -2.41. The van der Waals surface area contributed by atoms with Gasteiger partial charge in [-0.05, 0) is 12.5 Å². The Hall–Kier alpha value is -2.22. The van der Waals surface area contributed by atoms with Crippen LogP contribution in [0.2, 0.25) is 0 Å². The quantitative estimate of drug-likeness (QED) is 0.763. The average molecular weight is 398 g/mol. The van der Waals surface area contributed by atoms with Crippen molar-refractivity contribution in [2.45, 2.75) is 19.0 Å². The van der Waals surface area contributed by atoms with Crippen LogP contribution in [0.3, 0.4) is 0 Å². The van der Waals surface area contributed by atoms with Crippen molar-refractivity contribution < 1.29 is 9.53 Å². The number of morpholine rings is 1. The summed E-state index contributed by atoms with van der Waals surface area (Å²) in [7, 11) is 2.04. The van der Waals surface area contributed by atoms with Crippen LogP contribution in [0, 0.1) is 0 Å². The van der Waals surface area contributed by atoms with E-state index in [1.807, 2.05) is 37.3 Å². The number of benzene rings is 1. The second-order valence-electron chi connectivity index (χ2n) is 7.90. The third-order valence-corrected chi connectivity index (χ3v) is 6.16. The number of piperazine rings is 1. The van der Waals surface area contributed by atoms with Crippen LogP contribution in [-0.2, 0) is 16.6 Å². The first-order valence-corrected chi connectivity index (χ1v) is 10.5. The van der Waals surface area contributed by atoms with Gasteiger partial charge in [-0.1, -0.05) is 30.3 Å². The summed E-state index contributed by atoms with van der Waals surface area (Å²) in [5.74, 6) is 1.28. The summed E-state index contributed by atoms with van der Waals surface area (Å²) >= 11 is 0. The van der Waals surface area contributed by atoms with E-state index in [1.54, 1.807) is 0 Å². The van der Waals surface area contributed by atoms with Gasteiger partial charge in [0.05, 0.1) is 25.3 Å². The van der Waals surface area contributed by atoms with Gasteiger partial charge in [0.1, 0.15) is 5.82 Å². The Kier molecular flexibility index (Phi) is 6.28. The van der Waals surface area contributed by atoms with Gasteiger partial charge in [0.2, 0.25) is 5.91 Å². The zero-order valence-corrected chi connectivity index (χ0v) is 17.4. The molecule has 0 unspecified atom stereocenters. The van der Waals surface area contributed by atoms with Gasteiger partial charge in [-0.25, -0.2) is 4.98 Å². The molecule has 29 heavy (non-hydrogen) atoms. The SMILES string of the molecule is C[C@H](C(=O)N1CCN([C@@H](c2ccccc2)c2nccn2C)CC1)N1CCOCC1. The highest BCUT2D eigenvalue weighted by molar-refractivity contribution is 5.81. The Morgan fingerprint density at radius 2 is 1.69 bits per heavy atom. The van der Waals surface area contributed by atoms with Crippen molar-refractivity contribution in [2.75, 3.05) is 52.5 Å². The van der Waals surface area contributed by atoms with Crippen molar-refractivity contribution in [3.8, 4) is 0 Å². The number of amides is 1. The molecule has 0 aliphatic carbocycles. The smallest absolute Gasteiger partial charge is 0.239 e. The second-order valence-corrected chi connectivity index (χ2v) is 7.90. The lowest BCUT2D eigenvalue weighted by atomic mass is 10.0. The monoisotopic (exact) mass is 397 g/mol. The Labute approximate surface area is 172 Å². The number of carbonyl (C=O) groups is 1. The van der Waals surface area contributed by atoms with Crippen LogP contribution >= 0.6 is 0 Å². The molecule has 7 heteroatoms. The van der Waals surface area contributed by atoms with E-state index in [2.05, 4.69) is 43.6 Å². The van der Waals surface area contributed by atoms with Crippen molar-refractivity contribution in [2.24, 2.45) is 7.05 Å². The first kappa shape index (κ1) is 20.1. The summed E-state index contributed by atoms with van der Waals surface area (Å²) in [5, 5.41) is 0. The van der Waals surface area contributed by atoms with Gasteiger partial charge in [0, 0.05) is 58.7 Å². The van der Waals surface area contributed by atoms with Crippen LogP contribution in [0.4, 0.5) is 0 Å². The molecule has 2 aliphatic heterocycles. The molecule has 2 aliphatic rings. The third kappa shape index (κ3) is 4.37. The van der Waals surface area contributed by atoms with Crippen molar-refractivity contribution >= 4 is 5.91 Å². The Bertz CT molecular complexity index is 795. The molecule has 0 spiro atoms. The third-order valence-electron chi connectivity index (χ3n) is 6.16. The molecule has 1 aromatic heterocycles. The standard InChI is InChI=1S/C22H31N5O2/c1-18(25-14-16-29-17-15-25)22(28)27-12-10-26(11-13-27)20(19-6-4-3-5-7-19)21-23-8-9-24(21)2/h3-9,18,20H,10-17H2,1-2H3/t18-,20+/m1/s1. The highest BCUT2D eigenvalue weighted by atomic mass is 16.5. The van der Waals surface area contributed by atoms with Crippen LogP contribution in [0.5, 0.6) is 0 Å². The molecule has 7 nitrogen and oxygen atoms in total. The summed E-state index contributed by atoms with van der Waals surface area (Å²) in [6.07, 6.45) is 3.85. The van der Waals surface area contributed by atoms with E-state index in [0.717, 1.165) is 45.1 Å². The number of aryl methyl sites for hydroxylation is 1. The molecule has 1 aromatic carbocycles. The van der Waals surface area contributed by atoms with Crippen LogP contribution in [-0.4, -0.2) is 88.7 Å². The number of imidazole rings is 1. The van der Waals surface area contributed by atoms with E-state index in [0.29, 0.717) is 13.2 Å². The molecule has 4 rings (SSSR count). The minimum absolute atomic E-state index is 0.0788. The van der Waals surface area contributed by atoms with Gasteiger partial charge >= 0.3 is 0 Å². The predicted octanol–water partition coefficient (Wildman–Crippen LogP) is 1.37. The number of nitrogens with zero attached hydrogens (tertiary/aromatic N) is 5. The normalized spacial score (nSPS) is 21.1. The molecule has 156 valence electrons. The molecular formula is C22H31N5O2. The molecule has 0 bridgehead atoms.